The number of likely N-dealkylation sites (N-methyl/N-ethyl adjacent to an activating group) is 1. The van der Waals surface area contributed by atoms with Crippen LogP contribution in [0.1, 0.15) is 84.0 Å². The van der Waals surface area contributed by atoms with Crippen LogP contribution in [0.5, 0.6) is 0 Å². The van der Waals surface area contributed by atoms with E-state index in [0.717, 1.165) is 86.2 Å². The van der Waals surface area contributed by atoms with Gasteiger partial charge in [-0.15, -0.1) is 0 Å². The van der Waals surface area contributed by atoms with Gasteiger partial charge in [-0.3, -0.25) is 9.59 Å². The van der Waals surface area contributed by atoms with Gasteiger partial charge in [-0.25, -0.2) is 0 Å². The van der Waals surface area contributed by atoms with Crippen molar-refractivity contribution in [2.75, 3.05) is 44.7 Å². The lowest BCUT2D eigenvalue weighted by atomic mass is 9.74. The molecule has 1 spiro atoms. The third-order valence-electron chi connectivity index (χ3n) is 9.60. The molecule has 1 saturated heterocycles. The number of para-hydroxylation sites is 1. The van der Waals surface area contributed by atoms with Crippen LogP contribution >= 0.6 is 23.2 Å². The van der Waals surface area contributed by atoms with Crippen LogP contribution in [0.4, 0.5) is 5.69 Å². The molecule has 2 heterocycles. The van der Waals surface area contributed by atoms with Crippen LogP contribution in [0.2, 0.25) is 10.0 Å². The first-order valence-electron chi connectivity index (χ1n) is 16.0. The quantitative estimate of drug-likeness (QED) is 0.225. The van der Waals surface area contributed by atoms with Gasteiger partial charge < -0.3 is 14.7 Å². The summed E-state index contributed by atoms with van der Waals surface area (Å²) in [5.74, 6) is 0.390. The first kappa shape index (κ1) is 32.5. The topological polar surface area (TPSA) is 43.9 Å². The number of halogens is 2. The number of unbranched alkanes of at least 4 members (excludes halogenated alkanes) is 1. The zero-order chi connectivity index (χ0) is 31.4. The van der Waals surface area contributed by atoms with E-state index in [-0.39, 0.29) is 23.1 Å². The Kier molecular flexibility index (Phi) is 10.4. The minimum atomic E-state index is 0.0245. The van der Waals surface area contributed by atoms with Crippen molar-refractivity contribution in [1.82, 2.24) is 9.80 Å². The van der Waals surface area contributed by atoms with Crippen molar-refractivity contribution in [1.29, 1.82) is 0 Å². The molecular formula is C37H45Cl2N3O2. The number of anilines is 1. The number of fused-ring (bicyclic) bond motifs is 2. The second-order valence-corrected chi connectivity index (χ2v) is 13.8. The molecule has 0 saturated carbocycles. The fourth-order valence-corrected chi connectivity index (χ4v) is 7.45. The Morgan fingerprint density at radius 1 is 0.955 bits per heavy atom. The van der Waals surface area contributed by atoms with Gasteiger partial charge >= 0.3 is 0 Å². The number of amides is 2. The molecule has 5 rings (SSSR count). The van der Waals surface area contributed by atoms with Gasteiger partial charge in [0.25, 0.3) is 5.91 Å². The second kappa shape index (κ2) is 14.1. The van der Waals surface area contributed by atoms with Gasteiger partial charge in [0.05, 0.1) is 10.0 Å². The lowest BCUT2D eigenvalue weighted by Crippen LogP contribution is -2.46. The molecule has 3 aromatic carbocycles. The lowest BCUT2D eigenvalue weighted by molar-refractivity contribution is -0.118. The van der Waals surface area contributed by atoms with Crippen LogP contribution in [0, 0.1) is 13.8 Å². The largest absolute Gasteiger partial charge is 0.341 e. The highest BCUT2D eigenvalue weighted by atomic mass is 35.5. The molecule has 0 aromatic heterocycles. The fraction of sp³-hybridized carbons (Fsp3) is 0.459. The molecule has 0 aliphatic carbocycles. The minimum Gasteiger partial charge on any atom is -0.341 e. The number of aryl methyl sites for hydroxylation is 2. The van der Waals surface area contributed by atoms with Gasteiger partial charge in [0.15, 0.2) is 0 Å². The molecule has 1 unspecified atom stereocenters. The normalized spacial score (nSPS) is 16.6. The van der Waals surface area contributed by atoms with Crippen molar-refractivity contribution >= 4 is 40.7 Å². The van der Waals surface area contributed by atoms with Crippen molar-refractivity contribution in [3.8, 4) is 0 Å². The summed E-state index contributed by atoms with van der Waals surface area (Å²) in [4.78, 5) is 33.0. The van der Waals surface area contributed by atoms with E-state index >= 15 is 0 Å². The zero-order valence-corrected chi connectivity index (χ0v) is 28.1. The molecule has 0 radical (unpaired) electrons. The van der Waals surface area contributed by atoms with Crippen LogP contribution in [0.15, 0.2) is 60.7 Å². The average Bonchev–Trinajstić information content (AvgIpc) is 3.33. The van der Waals surface area contributed by atoms with E-state index in [0.29, 0.717) is 23.0 Å². The number of carbonyl (C=O) groups is 2. The SMILES string of the molecule is CCCCC(=O)N1CC2(CCN(CCC(CN(C)C(=O)c3cc(C)cc(C)c3)c3ccc(Cl)c(Cl)c3)CC2)c2ccccc21. The van der Waals surface area contributed by atoms with Crippen LogP contribution in [0.3, 0.4) is 0 Å². The van der Waals surface area contributed by atoms with E-state index in [1.807, 2.05) is 56.1 Å². The van der Waals surface area contributed by atoms with Crippen molar-refractivity contribution in [2.45, 2.75) is 70.6 Å². The van der Waals surface area contributed by atoms with Crippen molar-refractivity contribution in [2.24, 2.45) is 0 Å². The smallest absolute Gasteiger partial charge is 0.253 e. The number of benzene rings is 3. The highest BCUT2D eigenvalue weighted by Crippen LogP contribution is 2.47. The molecule has 1 fully saturated rings. The number of rotatable bonds is 10. The lowest BCUT2D eigenvalue weighted by Gasteiger charge is -2.40. The number of nitrogens with zero attached hydrogens (tertiary/aromatic N) is 3. The van der Waals surface area contributed by atoms with Crippen LogP contribution in [-0.2, 0) is 10.2 Å². The second-order valence-electron chi connectivity index (χ2n) is 12.9. The number of hydrogen-bond donors (Lipinski definition) is 0. The Labute approximate surface area is 273 Å². The van der Waals surface area contributed by atoms with Crippen LogP contribution < -0.4 is 4.90 Å². The summed E-state index contributed by atoms with van der Waals surface area (Å²) in [7, 11) is 1.89. The van der Waals surface area contributed by atoms with Crippen molar-refractivity contribution in [3.63, 3.8) is 0 Å². The summed E-state index contributed by atoms with van der Waals surface area (Å²) in [5, 5.41) is 1.07. The predicted octanol–water partition coefficient (Wildman–Crippen LogP) is 8.43. The number of likely N-dealkylation sites (tertiary alicyclic amines) is 1. The van der Waals surface area contributed by atoms with Gasteiger partial charge in [0.1, 0.15) is 0 Å². The molecule has 2 amide bonds. The number of hydrogen-bond acceptors (Lipinski definition) is 3. The van der Waals surface area contributed by atoms with Gasteiger partial charge in [-0.05, 0) is 101 Å². The highest BCUT2D eigenvalue weighted by molar-refractivity contribution is 6.42. The molecule has 44 heavy (non-hydrogen) atoms. The van der Waals surface area contributed by atoms with Gasteiger partial charge in [0, 0.05) is 49.1 Å². The van der Waals surface area contributed by atoms with Crippen molar-refractivity contribution < 1.29 is 9.59 Å². The third-order valence-corrected chi connectivity index (χ3v) is 10.3. The summed E-state index contributed by atoms with van der Waals surface area (Å²) in [5.41, 5.74) is 6.46. The zero-order valence-electron chi connectivity index (χ0n) is 26.5. The maximum Gasteiger partial charge on any atom is 0.253 e. The summed E-state index contributed by atoms with van der Waals surface area (Å²) in [6, 6.07) is 20.4. The van der Waals surface area contributed by atoms with E-state index in [1.54, 1.807) is 0 Å². The summed E-state index contributed by atoms with van der Waals surface area (Å²) >= 11 is 12.7. The Morgan fingerprint density at radius 3 is 2.34 bits per heavy atom. The molecule has 3 aromatic rings. The maximum absolute atomic E-state index is 13.5. The molecule has 2 aliphatic rings. The summed E-state index contributed by atoms with van der Waals surface area (Å²) in [6.45, 7) is 10.5. The Morgan fingerprint density at radius 2 is 1.66 bits per heavy atom. The summed E-state index contributed by atoms with van der Waals surface area (Å²) < 4.78 is 0. The van der Waals surface area contributed by atoms with Crippen LogP contribution in [0.25, 0.3) is 0 Å². The fourth-order valence-electron chi connectivity index (χ4n) is 7.15. The van der Waals surface area contributed by atoms with Gasteiger partial charge in [-0.1, -0.05) is 78.0 Å². The molecule has 0 N–H and O–H groups in total. The highest BCUT2D eigenvalue weighted by Gasteiger charge is 2.45. The van der Waals surface area contributed by atoms with Crippen molar-refractivity contribution in [3.05, 3.63) is 98.5 Å². The average molecular weight is 635 g/mol. The van der Waals surface area contributed by atoms with E-state index in [4.69, 9.17) is 23.2 Å². The molecule has 0 bridgehead atoms. The van der Waals surface area contributed by atoms with E-state index < -0.39 is 0 Å². The Bertz CT molecular complexity index is 1480. The first-order valence-corrected chi connectivity index (χ1v) is 16.8. The molecular weight excluding hydrogens is 589 g/mol. The van der Waals surface area contributed by atoms with Crippen LogP contribution in [-0.4, -0.2) is 61.4 Å². The van der Waals surface area contributed by atoms with Gasteiger partial charge in [0.2, 0.25) is 5.91 Å². The first-order chi connectivity index (χ1) is 21.1. The number of carbonyl (C=O) groups excluding carboxylic acids is 2. The van der Waals surface area contributed by atoms with E-state index in [9.17, 15) is 9.59 Å². The Balaban J connectivity index is 1.27. The monoisotopic (exact) mass is 633 g/mol. The molecule has 7 heteroatoms. The number of piperidine rings is 1. The molecule has 234 valence electrons. The summed E-state index contributed by atoms with van der Waals surface area (Å²) in [6.07, 6.45) is 5.54. The van der Waals surface area contributed by atoms with E-state index in [1.165, 1.54) is 5.56 Å². The van der Waals surface area contributed by atoms with E-state index in [2.05, 4.69) is 47.1 Å². The standard InChI is InChI=1S/C37H45Cl2N3O2/c1-5-6-11-35(43)42-25-37(31-9-7-8-10-34(31)42)15-18-41(19-16-37)17-14-29(28-12-13-32(38)33(39)23-28)24-40(4)36(44)30-21-26(2)20-27(3)22-30/h7-10,12-13,20-23,29H,5-6,11,14-19,24-25H2,1-4H3. The minimum absolute atomic E-state index is 0.0245. The molecule has 2 aliphatic heterocycles. The molecule has 5 nitrogen and oxygen atoms in total. The van der Waals surface area contributed by atoms with Gasteiger partial charge in [-0.2, -0.15) is 0 Å². The molecule has 1 atom stereocenters. The maximum atomic E-state index is 13.5. The predicted molar refractivity (Wildman–Crippen MR) is 182 cm³/mol. The third kappa shape index (κ3) is 7.17. The Hall–Kier alpha value is -2.86.